The molecule has 0 aliphatic carbocycles. The first-order valence-corrected chi connectivity index (χ1v) is 6.02. The third kappa shape index (κ3) is 3.00. The lowest BCUT2D eigenvalue weighted by Gasteiger charge is -2.10. The maximum atomic E-state index is 11.9. The van der Waals surface area contributed by atoms with Gasteiger partial charge in [0.1, 0.15) is 0 Å². The van der Waals surface area contributed by atoms with Gasteiger partial charge >= 0.3 is 0 Å². The van der Waals surface area contributed by atoms with E-state index >= 15 is 0 Å². The van der Waals surface area contributed by atoms with E-state index in [2.05, 4.69) is 15.3 Å². The highest BCUT2D eigenvalue weighted by Gasteiger charge is 2.08. The molecule has 0 aliphatic heterocycles. The number of hydrogen-bond donors (Lipinski definition) is 2. The number of rotatable bonds is 4. The molecular weight excluding hydrogens is 252 g/mol. The molecule has 1 aromatic heterocycles. The zero-order chi connectivity index (χ0) is 13.1. The fourth-order valence-electron chi connectivity index (χ4n) is 1.61. The summed E-state index contributed by atoms with van der Waals surface area (Å²) in [5.74, 6) is -0.0931. The van der Waals surface area contributed by atoms with E-state index in [1.165, 1.54) is 0 Å². The van der Waals surface area contributed by atoms with Crippen molar-refractivity contribution in [1.82, 2.24) is 20.2 Å². The van der Waals surface area contributed by atoms with Crippen molar-refractivity contribution in [3.8, 4) is 0 Å². The lowest BCUT2D eigenvalue weighted by molar-refractivity contribution is 0.0951. The summed E-state index contributed by atoms with van der Waals surface area (Å²) >= 11 is 5.76. The van der Waals surface area contributed by atoms with E-state index in [4.69, 9.17) is 11.6 Å². The number of hydrogen-bond acceptors (Lipinski definition) is 3. The Balaban J connectivity index is 2.08. The van der Waals surface area contributed by atoms with Gasteiger partial charge in [-0.2, -0.15) is 0 Å². The molecule has 2 rings (SSSR count). The number of benzene rings is 1. The van der Waals surface area contributed by atoms with Crippen molar-refractivity contribution in [1.29, 1.82) is 0 Å². The van der Waals surface area contributed by atoms with Crippen molar-refractivity contribution in [3.05, 3.63) is 29.0 Å². The lowest BCUT2D eigenvalue weighted by atomic mass is 10.2. The van der Waals surface area contributed by atoms with Gasteiger partial charge in [-0.25, -0.2) is 4.98 Å². The van der Waals surface area contributed by atoms with Crippen LogP contribution in [0.2, 0.25) is 5.28 Å². The zero-order valence-corrected chi connectivity index (χ0v) is 11.1. The molecule has 1 amide bonds. The number of fused-ring (bicyclic) bond motifs is 1. The van der Waals surface area contributed by atoms with Gasteiger partial charge in [-0.05, 0) is 43.9 Å². The number of H-pyrrole nitrogens is 1. The SMILES string of the molecule is CN(C)CCNC(=O)c1ccc2nc(Cl)[nH]c2c1. The first-order chi connectivity index (χ1) is 8.56. The van der Waals surface area contributed by atoms with E-state index in [-0.39, 0.29) is 5.91 Å². The third-order valence-corrected chi connectivity index (χ3v) is 2.74. The summed E-state index contributed by atoms with van der Waals surface area (Å²) < 4.78 is 0. The number of likely N-dealkylation sites (N-methyl/N-ethyl adjacent to an activating group) is 1. The Morgan fingerprint density at radius 1 is 1.50 bits per heavy atom. The van der Waals surface area contributed by atoms with E-state index in [1.54, 1.807) is 18.2 Å². The molecule has 2 N–H and O–H groups in total. The summed E-state index contributed by atoms with van der Waals surface area (Å²) in [7, 11) is 3.93. The highest BCUT2D eigenvalue weighted by molar-refractivity contribution is 6.29. The van der Waals surface area contributed by atoms with Crippen LogP contribution in [-0.4, -0.2) is 48.0 Å². The third-order valence-electron chi connectivity index (χ3n) is 2.56. The molecule has 1 heterocycles. The van der Waals surface area contributed by atoms with Gasteiger partial charge in [-0.3, -0.25) is 4.79 Å². The van der Waals surface area contributed by atoms with Crippen LogP contribution >= 0.6 is 11.6 Å². The number of carbonyl (C=O) groups excluding carboxylic acids is 1. The van der Waals surface area contributed by atoms with Crippen LogP contribution in [-0.2, 0) is 0 Å². The Morgan fingerprint density at radius 3 is 3.00 bits per heavy atom. The molecule has 0 aliphatic rings. The quantitative estimate of drug-likeness (QED) is 0.882. The molecule has 0 bridgehead atoms. The number of aromatic amines is 1. The van der Waals surface area contributed by atoms with Gasteiger partial charge < -0.3 is 15.2 Å². The second kappa shape index (κ2) is 5.37. The molecule has 0 spiro atoms. The molecule has 2 aromatic rings. The van der Waals surface area contributed by atoms with Crippen LogP contribution in [0.3, 0.4) is 0 Å². The first kappa shape index (κ1) is 12.9. The Morgan fingerprint density at radius 2 is 2.28 bits per heavy atom. The second-order valence-electron chi connectivity index (χ2n) is 4.32. The highest BCUT2D eigenvalue weighted by atomic mass is 35.5. The van der Waals surface area contributed by atoms with Crippen LogP contribution in [0.25, 0.3) is 11.0 Å². The lowest BCUT2D eigenvalue weighted by Crippen LogP contribution is -2.31. The Kier molecular flexibility index (Phi) is 3.84. The summed E-state index contributed by atoms with van der Waals surface area (Å²) in [6, 6.07) is 5.27. The van der Waals surface area contributed by atoms with Crippen LogP contribution in [0.15, 0.2) is 18.2 Å². The topological polar surface area (TPSA) is 61.0 Å². The van der Waals surface area contributed by atoms with E-state index < -0.39 is 0 Å². The summed E-state index contributed by atoms with van der Waals surface area (Å²) in [4.78, 5) is 20.9. The average molecular weight is 267 g/mol. The minimum Gasteiger partial charge on any atom is -0.351 e. The van der Waals surface area contributed by atoms with Crippen molar-refractivity contribution >= 4 is 28.5 Å². The predicted molar refractivity (Wildman–Crippen MR) is 72.0 cm³/mol. The van der Waals surface area contributed by atoms with Gasteiger partial charge in [0.25, 0.3) is 5.91 Å². The summed E-state index contributed by atoms with van der Waals surface area (Å²) in [6.07, 6.45) is 0. The number of amides is 1. The van der Waals surface area contributed by atoms with E-state index in [0.29, 0.717) is 17.4 Å². The average Bonchev–Trinajstić information content (AvgIpc) is 2.67. The normalized spacial score (nSPS) is 11.1. The molecule has 0 radical (unpaired) electrons. The van der Waals surface area contributed by atoms with E-state index in [9.17, 15) is 4.79 Å². The van der Waals surface area contributed by atoms with Gasteiger partial charge in [0.15, 0.2) is 0 Å². The molecule has 0 unspecified atom stereocenters. The van der Waals surface area contributed by atoms with Crippen molar-refractivity contribution in [2.75, 3.05) is 27.2 Å². The van der Waals surface area contributed by atoms with Crippen LogP contribution in [0.1, 0.15) is 10.4 Å². The molecule has 0 saturated carbocycles. The van der Waals surface area contributed by atoms with Gasteiger partial charge in [-0.15, -0.1) is 0 Å². The smallest absolute Gasteiger partial charge is 0.251 e. The van der Waals surface area contributed by atoms with E-state index in [0.717, 1.165) is 17.6 Å². The fraction of sp³-hybridized carbons (Fsp3) is 0.333. The summed E-state index contributed by atoms with van der Waals surface area (Å²) in [5.41, 5.74) is 2.12. The number of carbonyl (C=O) groups is 1. The first-order valence-electron chi connectivity index (χ1n) is 5.64. The minimum atomic E-state index is -0.0931. The van der Waals surface area contributed by atoms with Gasteiger partial charge in [0.2, 0.25) is 5.28 Å². The molecule has 5 nitrogen and oxygen atoms in total. The van der Waals surface area contributed by atoms with Gasteiger partial charge in [-0.1, -0.05) is 0 Å². The van der Waals surface area contributed by atoms with Crippen LogP contribution in [0.4, 0.5) is 0 Å². The number of nitrogens with one attached hydrogen (secondary N) is 2. The molecule has 18 heavy (non-hydrogen) atoms. The zero-order valence-electron chi connectivity index (χ0n) is 10.3. The van der Waals surface area contributed by atoms with Crippen molar-refractivity contribution in [2.24, 2.45) is 0 Å². The number of halogens is 1. The molecule has 6 heteroatoms. The predicted octanol–water partition coefficient (Wildman–Crippen LogP) is 1.51. The molecular formula is C12H15ClN4O. The largest absolute Gasteiger partial charge is 0.351 e. The van der Waals surface area contributed by atoms with E-state index in [1.807, 2.05) is 19.0 Å². The molecule has 96 valence electrons. The van der Waals surface area contributed by atoms with Crippen molar-refractivity contribution < 1.29 is 4.79 Å². The Hall–Kier alpha value is -1.59. The summed E-state index contributed by atoms with van der Waals surface area (Å²) in [5, 5.41) is 3.18. The van der Waals surface area contributed by atoms with Crippen LogP contribution in [0.5, 0.6) is 0 Å². The number of aromatic nitrogens is 2. The minimum absolute atomic E-state index is 0.0931. The molecule has 0 fully saturated rings. The Labute approximate surface area is 110 Å². The second-order valence-corrected chi connectivity index (χ2v) is 4.68. The summed E-state index contributed by atoms with van der Waals surface area (Å²) in [6.45, 7) is 1.43. The van der Waals surface area contributed by atoms with Crippen molar-refractivity contribution in [2.45, 2.75) is 0 Å². The molecule has 0 atom stereocenters. The van der Waals surface area contributed by atoms with Gasteiger partial charge in [0, 0.05) is 18.7 Å². The fourth-order valence-corrected chi connectivity index (χ4v) is 1.81. The molecule has 0 saturated heterocycles. The Bertz CT molecular complexity index is 564. The highest BCUT2D eigenvalue weighted by Crippen LogP contribution is 2.16. The maximum absolute atomic E-state index is 11.9. The number of nitrogens with zero attached hydrogens (tertiary/aromatic N) is 2. The standard InChI is InChI=1S/C12H15ClN4O/c1-17(2)6-5-14-11(18)8-3-4-9-10(7-8)16-12(13)15-9/h3-4,7H,5-6H2,1-2H3,(H,14,18)(H,15,16). The van der Waals surface area contributed by atoms with Gasteiger partial charge in [0.05, 0.1) is 11.0 Å². The van der Waals surface area contributed by atoms with Crippen LogP contribution in [0, 0.1) is 0 Å². The van der Waals surface area contributed by atoms with Crippen molar-refractivity contribution in [3.63, 3.8) is 0 Å². The van der Waals surface area contributed by atoms with Crippen LogP contribution < -0.4 is 5.32 Å². The maximum Gasteiger partial charge on any atom is 0.251 e. The molecule has 1 aromatic carbocycles. The monoisotopic (exact) mass is 266 g/mol. The number of imidazole rings is 1.